The lowest BCUT2D eigenvalue weighted by molar-refractivity contribution is -0.148. The third kappa shape index (κ3) is 4.34. The standard InChI is InChI=1S/C29H23NO9S/c1-3-14-37-28(34)22(16-23(32)18(2)31)30-27(33)21-15-24-25(17-26(21)40(30,35)36)39-29(38-24,19-10-6-4-7-11-19)20-12-8-5-9-13-20/h3-13,15,17,22H,1,14,16H2,2H3/t22-/m0/s1. The average molecular weight is 562 g/mol. The van der Waals surface area contributed by atoms with Crippen molar-refractivity contribution in [3.63, 3.8) is 0 Å². The van der Waals surface area contributed by atoms with E-state index < -0.39 is 56.6 Å². The minimum atomic E-state index is -4.67. The summed E-state index contributed by atoms with van der Waals surface area (Å²) in [7, 11) is -4.67. The summed E-state index contributed by atoms with van der Waals surface area (Å²) in [5.74, 6) is -5.50. The van der Waals surface area contributed by atoms with Crippen LogP contribution in [0, 0.1) is 0 Å². The Kier molecular flexibility index (Phi) is 6.76. The molecule has 40 heavy (non-hydrogen) atoms. The molecule has 1 amide bonds. The minimum Gasteiger partial charge on any atom is -0.460 e. The summed E-state index contributed by atoms with van der Waals surface area (Å²) in [6, 6.07) is 18.5. The van der Waals surface area contributed by atoms with Crippen LogP contribution in [0.25, 0.3) is 0 Å². The highest BCUT2D eigenvalue weighted by atomic mass is 32.2. The summed E-state index contributed by atoms with van der Waals surface area (Å²) in [5, 5.41) is 0. The van der Waals surface area contributed by atoms with E-state index in [0.717, 1.165) is 13.0 Å². The predicted molar refractivity (Wildman–Crippen MR) is 140 cm³/mol. The fraction of sp³-hybridized carbons (Fsp3) is 0.172. The van der Waals surface area contributed by atoms with Crippen LogP contribution in [0.1, 0.15) is 34.8 Å². The molecule has 10 nitrogen and oxygen atoms in total. The second-order valence-electron chi connectivity index (χ2n) is 9.07. The fourth-order valence-corrected chi connectivity index (χ4v) is 6.30. The highest BCUT2D eigenvalue weighted by molar-refractivity contribution is 7.90. The zero-order valence-corrected chi connectivity index (χ0v) is 22.1. The van der Waals surface area contributed by atoms with Gasteiger partial charge in [-0.2, -0.15) is 0 Å². The second-order valence-corrected chi connectivity index (χ2v) is 10.9. The summed E-state index contributed by atoms with van der Waals surface area (Å²) >= 11 is 0. The van der Waals surface area contributed by atoms with Crippen LogP contribution in [0.4, 0.5) is 0 Å². The molecule has 2 aliphatic rings. The summed E-state index contributed by atoms with van der Waals surface area (Å²) < 4.78 is 45.2. The number of hydrogen-bond acceptors (Lipinski definition) is 9. The van der Waals surface area contributed by atoms with Gasteiger partial charge in [-0.1, -0.05) is 73.3 Å². The Morgan fingerprint density at radius 3 is 2.05 bits per heavy atom. The van der Waals surface area contributed by atoms with Gasteiger partial charge in [0.1, 0.15) is 11.5 Å². The largest absolute Gasteiger partial charge is 0.460 e. The molecular formula is C29H23NO9S. The molecule has 204 valence electrons. The van der Waals surface area contributed by atoms with Crippen LogP contribution in [0.5, 0.6) is 11.5 Å². The Morgan fingerprint density at radius 2 is 1.52 bits per heavy atom. The quantitative estimate of drug-likeness (QED) is 0.219. The number of carbonyl (C=O) groups is 4. The Bertz CT molecular complexity index is 1610. The lowest BCUT2D eigenvalue weighted by Crippen LogP contribution is -2.47. The van der Waals surface area contributed by atoms with Crippen LogP contribution in [0.3, 0.4) is 0 Å². The topological polar surface area (TPSA) is 133 Å². The number of nitrogens with zero attached hydrogens (tertiary/aromatic N) is 1. The van der Waals surface area contributed by atoms with Gasteiger partial charge in [0.15, 0.2) is 23.3 Å². The van der Waals surface area contributed by atoms with Crippen molar-refractivity contribution >= 4 is 33.5 Å². The smallest absolute Gasteiger partial charge is 0.330 e. The van der Waals surface area contributed by atoms with Crippen molar-refractivity contribution in [1.82, 2.24) is 4.31 Å². The number of carbonyl (C=O) groups excluding carboxylic acids is 4. The number of ether oxygens (including phenoxy) is 3. The zero-order chi connectivity index (χ0) is 28.7. The van der Waals surface area contributed by atoms with E-state index in [0.29, 0.717) is 11.1 Å². The SMILES string of the molecule is C=CCOC(=O)[C@H](CC(=O)C(C)=O)N1C(=O)c2cc3c(cc2S1(=O)=O)OC(c1ccccc1)(c1ccccc1)O3. The molecule has 2 aliphatic heterocycles. The molecule has 0 unspecified atom stereocenters. The van der Waals surface area contributed by atoms with Crippen LogP contribution in [0.15, 0.2) is 90.3 Å². The van der Waals surface area contributed by atoms with Gasteiger partial charge in [-0.25, -0.2) is 17.5 Å². The van der Waals surface area contributed by atoms with E-state index in [1.807, 2.05) is 12.1 Å². The fourth-order valence-electron chi connectivity index (χ4n) is 4.59. The monoisotopic (exact) mass is 561 g/mol. The van der Waals surface area contributed by atoms with Crippen molar-refractivity contribution in [3.8, 4) is 11.5 Å². The van der Waals surface area contributed by atoms with E-state index >= 15 is 0 Å². The molecule has 0 aromatic heterocycles. The number of fused-ring (bicyclic) bond motifs is 2. The predicted octanol–water partition coefficient (Wildman–Crippen LogP) is 3.15. The highest BCUT2D eigenvalue weighted by Crippen LogP contribution is 2.50. The van der Waals surface area contributed by atoms with Crippen molar-refractivity contribution in [3.05, 3.63) is 102 Å². The number of esters is 1. The van der Waals surface area contributed by atoms with Crippen molar-refractivity contribution < 1.29 is 41.8 Å². The molecule has 0 radical (unpaired) electrons. The van der Waals surface area contributed by atoms with E-state index in [1.54, 1.807) is 48.5 Å². The van der Waals surface area contributed by atoms with Gasteiger partial charge in [-0.15, -0.1) is 0 Å². The maximum absolute atomic E-state index is 13.7. The van der Waals surface area contributed by atoms with Crippen LogP contribution in [-0.4, -0.2) is 48.8 Å². The van der Waals surface area contributed by atoms with E-state index in [4.69, 9.17) is 14.2 Å². The van der Waals surface area contributed by atoms with Gasteiger partial charge in [0, 0.05) is 30.5 Å². The van der Waals surface area contributed by atoms with Gasteiger partial charge in [-0.05, 0) is 6.07 Å². The maximum atomic E-state index is 13.7. The molecule has 0 spiro atoms. The van der Waals surface area contributed by atoms with Crippen molar-refractivity contribution in [2.24, 2.45) is 0 Å². The summed E-state index contributed by atoms with van der Waals surface area (Å²) in [6.07, 6.45) is 0.365. The third-order valence-corrected chi connectivity index (χ3v) is 8.33. The number of hydrogen-bond donors (Lipinski definition) is 0. The first-order chi connectivity index (χ1) is 19.1. The summed E-state index contributed by atoms with van der Waals surface area (Å²) in [4.78, 5) is 49.7. The van der Waals surface area contributed by atoms with Gasteiger partial charge in [0.25, 0.3) is 15.9 Å². The molecule has 5 rings (SSSR count). The molecule has 11 heteroatoms. The lowest BCUT2D eigenvalue weighted by atomic mass is 9.97. The number of benzene rings is 3. The first-order valence-electron chi connectivity index (χ1n) is 12.2. The van der Waals surface area contributed by atoms with Crippen molar-refractivity contribution in [2.45, 2.75) is 30.1 Å². The van der Waals surface area contributed by atoms with Gasteiger partial charge < -0.3 is 14.2 Å². The Morgan fingerprint density at radius 1 is 0.975 bits per heavy atom. The number of sulfonamides is 1. The molecule has 1 atom stereocenters. The van der Waals surface area contributed by atoms with Crippen molar-refractivity contribution in [1.29, 1.82) is 0 Å². The second kappa shape index (κ2) is 10.1. The third-order valence-electron chi connectivity index (χ3n) is 6.50. The average Bonchev–Trinajstić information content (AvgIpc) is 3.43. The molecule has 0 saturated heterocycles. The van der Waals surface area contributed by atoms with Gasteiger partial charge in [0.05, 0.1) is 5.56 Å². The van der Waals surface area contributed by atoms with E-state index in [9.17, 15) is 27.6 Å². The van der Waals surface area contributed by atoms with E-state index in [1.165, 1.54) is 12.1 Å². The molecule has 0 bridgehead atoms. The number of ketones is 2. The molecule has 0 saturated carbocycles. The molecule has 0 N–H and O–H groups in total. The minimum absolute atomic E-state index is 0.0512. The van der Waals surface area contributed by atoms with Crippen molar-refractivity contribution in [2.75, 3.05) is 6.61 Å². The number of rotatable bonds is 9. The van der Waals surface area contributed by atoms with Gasteiger partial charge >= 0.3 is 11.8 Å². The molecule has 3 aromatic carbocycles. The normalized spacial score (nSPS) is 16.6. The number of Topliss-reactive ketones (excluding diaryl/α,β-unsaturated/α-hetero) is 2. The summed E-state index contributed by atoms with van der Waals surface area (Å²) in [6.45, 7) is 4.11. The molecule has 0 fully saturated rings. The van der Waals surface area contributed by atoms with E-state index in [-0.39, 0.29) is 28.0 Å². The molecule has 2 heterocycles. The molecular weight excluding hydrogens is 538 g/mol. The Balaban J connectivity index is 1.57. The van der Waals surface area contributed by atoms with Gasteiger partial charge in [-0.3, -0.25) is 14.4 Å². The van der Waals surface area contributed by atoms with Crippen LogP contribution in [-0.2, 0) is 34.9 Å². The molecule has 0 aliphatic carbocycles. The van der Waals surface area contributed by atoms with Crippen LogP contribution in [0.2, 0.25) is 0 Å². The first kappa shape index (κ1) is 26.8. The van der Waals surface area contributed by atoms with Crippen LogP contribution >= 0.6 is 0 Å². The van der Waals surface area contributed by atoms with Gasteiger partial charge in [0.2, 0.25) is 5.78 Å². The Hall–Kier alpha value is -4.77. The number of amides is 1. The highest BCUT2D eigenvalue weighted by Gasteiger charge is 2.52. The van der Waals surface area contributed by atoms with Crippen LogP contribution < -0.4 is 9.47 Å². The Labute approximate surface area is 229 Å². The summed E-state index contributed by atoms with van der Waals surface area (Å²) in [5.41, 5.74) is 0.971. The molecule has 3 aromatic rings. The lowest BCUT2D eigenvalue weighted by Gasteiger charge is -2.28. The maximum Gasteiger partial charge on any atom is 0.330 e. The van der Waals surface area contributed by atoms with E-state index in [2.05, 4.69) is 6.58 Å². The first-order valence-corrected chi connectivity index (χ1v) is 13.6. The zero-order valence-electron chi connectivity index (χ0n) is 21.2.